The molecule has 0 amide bonds. The van der Waals surface area contributed by atoms with E-state index in [1.54, 1.807) is 0 Å². The SMILES string of the molecule is O=[N+]([O-])c1ccc(C(O)C(CO)Nc2ccc([N+](=O)[O-])cn2)cc1. The van der Waals surface area contributed by atoms with Crippen LogP contribution in [-0.2, 0) is 0 Å². The predicted molar refractivity (Wildman–Crippen MR) is 83.4 cm³/mol. The molecule has 10 nitrogen and oxygen atoms in total. The molecule has 0 bridgehead atoms. The van der Waals surface area contributed by atoms with Gasteiger partial charge in [0.1, 0.15) is 18.1 Å². The van der Waals surface area contributed by atoms with Crippen LogP contribution in [0.15, 0.2) is 42.6 Å². The summed E-state index contributed by atoms with van der Waals surface area (Å²) < 4.78 is 0. The predicted octanol–water partition coefficient (Wildman–Crippen LogP) is 1.40. The second-order valence-corrected chi connectivity index (χ2v) is 4.89. The van der Waals surface area contributed by atoms with Gasteiger partial charge in [0.25, 0.3) is 11.4 Å². The summed E-state index contributed by atoms with van der Waals surface area (Å²) in [5, 5.41) is 43.7. The second-order valence-electron chi connectivity index (χ2n) is 4.89. The number of hydrogen-bond acceptors (Lipinski definition) is 8. The molecule has 1 heterocycles. The summed E-state index contributed by atoms with van der Waals surface area (Å²) in [7, 11) is 0. The van der Waals surface area contributed by atoms with Gasteiger partial charge in [-0.15, -0.1) is 0 Å². The van der Waals surface area contributed by atoms with E-state index in [4.69, 9.17) is 0 Å². The van der Waals surface area contributed by atoms with Crippen LogP contribution in [0.4, 0.5) is 17.2 Å². The van der Waals surface area contributed by atoms with E-state index in [1.807, 2.05) is 0 Å². The van der Waals surface area contributed by atoms with Crippen LogP contribution in [0.2, 0.25) is 0 Å². The number of nitrogens with zero attached hydrogens (tertiary/aromatic N) is 3. The van der Waals surface area contributed by atoms with Gasteiger partial charge in [-0.05, 0) is 23.8 Å². The molecule has 3 N–H and O–H groups in total. The molecule has 1 aromatic heterocycles. The first-order valence-electron chi connectivity index (χ1n) is 6.82. The topological polar surface area (TPSA) is 152 Å². The summed E-state index contributed by atoms with van der Waals surface area (Å²) in [6, 6.07) is 7.01. The van der Waals surface area contributed by atoms with Crippen molar-refractivity contribution < 1.29 is 20.1 Å². The number of rotatable bonds is 7. The highest BCUT2D eigenvalue weighted by Crippen LogP contribution is 2.22. The molecule has 2 unspecified atom stereocenters. The van der Waals surface area contributed by atoms with Crippen molar-refractivity contribution in [3.8, 4) is 0 Å². The van der Waals surface area contributed by atoms with E-state index >= 15 is 0 Å². The first-order chi connectivity index (χ1) is 11.4. The number of aliphatic hydroxyl groups is 2. The minimum absolute atomic E-state index is 0.114. The zero-order chi connectivity index (χ0) is 17.7. The highest BCUT2D eigenvalue weighted by atomic mass is 16.6. The normalized spacial score (nSPS) is 13.1. The van der Waals surface area contributed by atoms with Crippen LogP contribution >= 0.6 is 0 Å². The molecule has 2 aromatic rings. The van der Waals surface area contributed by atoms with E-state index in [1.165, 1.54) is 36.4 Å². The molecule has 0 fully saturated rings. The summed E-state index contributed by atoms with van der Waals surface area (Å²) in [5.41, 5.74) is 0.0718. The highest BCUT2D eigenvalue weighted by molar-refractivity contribution is 5.42. The van der Waals surface area contributed by atoms with Crippen LogP contribution in [0, 0.1) is 20.2 Å². The Balaban J connectivity index is 2.11. The number of nitrogens with one attached hydrogen (secondary N) is 1. The Morgan fingerprint density at radius 3 is 2.08 bits per heavy atom. The fraction of sp³-hybridized carbons (Fsp3) is 0.214. The summed E-state index contributed by atoms with van der Waals surface area (Å²) in [6.07, 6.45) is -0.109. The van der Waals surface area contributed by atoms with Gasteiger partial charge >= 0.3 is 0 Å². The Kier molecular flexibility index (Phi) is 5.35. The highest BCUT2D eigenvalue weighted by Gasteiger charge is 2.21. The third-order valence-corrected chi connectivity index (χ3v) is 3.32. The zero-order valence-electron chi connectivity index (χ0n) is 12.3. The molecular weight excluding hydrogens is 320 g/mol. The molecule has 10 heteroatoms. The monoisotopic (exact) mass is 334 g/mol. The van der Waals surface area contributed by atoms with Crippen LogP contribution in [0.5, 0.6) is 0 Å². The smallest absolute Gasteiger partial charge is 0.287 e. The van der Waals surface area contributed by atoms with Crippen molar-refractivity contribution >= 4 is 17.2 Å². The average Bonchev–Trinajstić information content (AvgIpc) is 2.59. The van der Waals surface area contributed by atoms with Crippen LogP contribution in [0.25, 0.3) is 0 Å². The van der Waals surface area contributed by atoms with Crippen molar-refractivity contribution in [3.63, 3.8) is 0 Å². The quantitative estimate of drug-likeness (QED) is 0.507. The molecule has 24 heavy (non-hydrogen) atoms. The molecule has 0 aliphatic heterocycles. The summed E-state index contributed by atoms with van der Waals surface area (Å²) >= 11 is 0. The maximum absolute atomic E-state index is 10.6. The van der Waals surface area contributed by atoms with Crippen molar-refractivity contribution in [3.05, 3.63) is 68.4 Å². The Hall–Kier alpha value is -3.11. The minimum atomic E-state index is -1.16. The lowest BCUT2D eigenvalue weighted by molar-refractivity contribution is -0.385. The molecule has 0 saturated carbocycles. The molecule has 0 spiro atoms. The van der Waals surface area contributed by atoms with Crippen LogP contribution in [-0.4, -0.2) is 37.7 Å². The molecular formula is C14H14N4O6. The maximum Gasteiger partial charge on any atom is 0.287 e. The third-order valence-electron chi connectivity index (χ3n) is 3.32. The van der Waals surface area contributed by atoms with Gasteiger partial charge in [0.2, 0.25) is 0 Å². The third kappa shape index (κ3) is 4.00. The minimum Gasteiger partial charge on any atom is -0.394 e. The Morgan fingerprint density at radius 1 is 1.04 bits per heavy atom. The van der Waals surface area contributed by atoms with E-state index in [2.05, 4.69) is 10.3 Å². The molecule has 1 aromatic carbocycles. The van der Waals surface area contributed by atoms with E-state index in [0.717, 1.165) is 6.20 Å². The molecule has 0 saturated heterocycles. The Morgan fingerprint density at radius 2 is 1.62 bits per heavy atom. The van der Waals surface area contributed by atoms with E-state index in [0.29, 0.717) is 5.56 Å². The number of benzene rings is 1. The molecule has 126 valence electrons. The van der Waals surface area contributed by atoms with Crippen molar-refractivity contribution in [2.75, 3.05) is 11.9 Å². The molecule has 2 rings (SSSR count). The number of anilines is 1. The van der Waals surface area contributed by atoms with E-state index in [9.17, 15) is 30.4 Å². The fourth-order valence-electron chi connectivity index (χ4n) is 2.02. The number of aliphatic hydroxyl groups excluding tert-OH is 2. The maximum atomic E-state index is 10.6. The van der Waals surface area contributed by atoms with Crippen LogP contribution in [0.1, 0.15) is 11.7 Å². The van der Waals surface area contributed by atoms with Crippen molar-refractivity contribution in [2.24, 2.45) is 0 Å². The molecule has 2 atom stereocenters. The van der Waals surface area contributed by atoms with Crippen molar-refractivity contribution in [2.45, 2.75) is 12.1 Å². The first kappa shape index (κ1) is 17.2. The van der Waals surface area contributed by atoms with Gasteiger partial charge in [-0.2, -0.15) is 0 Å². The van der Waals surface area contributed by atoms with E-state index < -0.39 is 28.6 Å². The van der Waals surface area contributed by atoms with Gasteiger partial charge in [-0.3, -0.25) is 20.2 Å². The van der Waals surface area contributed by atoms with Gasteiger partial charge in [-0.25, -0.2) is 4.98 Å². The van der Waals surface area contributed by atoms with Crippen molar-refractivity contribution in [1.29, 1.82) is 0 Å². The lowest BCUT2D eigenvalue weighted by atomic mass is 10.0. The molecule has 0 aliphatic carbocycles. The van der Waals surface area contributed by atoms with Gasteiger partial charge in [0.05, 0.1) is 22.5 Å². The van der Waals surface area contributed by atoms with Crippen molar-refractivity contribution in [1.82, 2.24) is 4.98 Å². The average molecular weight is 334 g/mol. The number of hydrogen-bond donors (Lipinski definition) is 3. The molecule has 0 radical (unpaired) electrons. The number of nitro groups is 2. The van der Waals surface area contributed by atoms with Crippen LogP contribution < -0.4 is 5.32 Å². The summed E-state index contributed by atoms with van der Waals surface area (Å²) in [5.74, 6) is 0.237. The Labute approximate surface area is 135 Å². The summed E-state index contributed by atoms with van der Waals surface area (Å²) in [6.45, 7) is -0.448. The van der Waals surface area contributed by atoms with Gasteiger partial charge in [-0.1, -0.05) is 0 Å². The number of non-ortho nitro benzene ring substituents is 1. The largest absolute Gasteiger partial charge is 0.394 e. The van der Waals surface area contributed by atoms with E-state index in [-0.39, 0.29) is 17.2 Å². The van der Waals surface area contributed by atoms with Gasteiger partial charge < -0.3 is 15.5 Å². The zero-order valence-corrected chi connectivity index (χ0v) is 12.3. The summed E-state index contributed by atoms with van der Waals surface area (Å²) in [4.78, 5) is 23.9. The lowest BCUT2D eigenvalue weighted by Gasteiger charge is -2.23. The van der Waals surface area contributed by atoms with Crippen LogP contribution in [0.3, 0.4) is 0 Å². The number of nitro benzene ring substituents is 1. The van der Waals surface area contributed by atoms with Gasteiger partial charge in [0, 0.05) is 18.2 Å². The fourth-order valence-corrected chi connectivity index (χ4v) is 2.02. The lowest BCUT2D eigenvalue weighted by Crippen LogP contribution is -2.31. The number of aromatic nitrogens is 1. The number of pyridine rings is 1. The molecule has 0 aliphatic rings. The van der Waals surface area contributed by atoms with Gasteiger partial charge in [0.15, 0.2) is 0 Å². The first-order valence-corrected chi connectivity index (χ1v) is 6.82. The Bertz CT molecular complexity index is 719. The standard InChI is InChI=1S/C14H14N4O6/c19-8-12(16-13-6-5-11(7-15-13)18(23)24)14(20)9-1-3-10(4-2-9)17(21)22/h1-7,12,14,19-20H,8H2,(H,15,16). The second kappa shape index (κ2) is 7.44.